The molecule has 0 saturated heterocycles. The molecule has 8 heteroatoms. The molecule has 2 aromatic rings. The first-order valence-electron chi connectivity index (χ1n) is 5.34. The van der Waals surface area contributed by atoms with Crippen molar-refractivity contribution in [2.24, 2.45) is 14.1 Å². The predicted octanol–water partition coefficient (Wildman–Crippen LogP) is 0.571. The topological polar surface area (TPSA) is 81.8 Å². The van der Waals surface area contributed by atoms with Gasteiger partial charge in [0.25, 0.3) is 10.0 Å². The van der Waals surface area contributed by atoms with E-state index in [-0.39, 0.29) is 4.90 Å². The molecule has 0 unspecified atom stereocenters. The highest BCUT2D eigenvalue weighted by molar-refractivity contribution is 7.92. The van der Waals surface area contributed by atoms with Crippen molar-refractivity contribution < 1.29 is 8.42 Å². The lowest BCUT2D eigenvalue weighted by atomic mass is 10.4. The Morgan fingerprint density at radius 2 is 1.89 bits per heavy atom. The van der Waals surface area contributed by atoms with Gasteiger partial charge >= 0.3 is 0 Å². The van der Waals surface area contributed by atoms with Crippen molar-refractivity contribution in [3.8, 4) is 0 Å². The van der Waals surface area contributed by atoms with E-state index in [1.54, 1.807) is 44.9 Å². The molecule has 2 heterocycles. The van der Waals surface area contributed by atoms with Gasteiger partial charge in [0.1, 0.15) is 4.90 Å². The van der Waals surface area contributed by atoms with Gasteiger partial charge in [-0.05, 0) is 13.8 Å². The summed E-state index contributed by atoms with van der Waals surface area (Å²) in [4.78, 5) is 0.204. The van der Waals surface area contributed by atoms with Crippen LogP contribution in [0, 0.1) is 13.8 Å². The molecular weight excluding hydrogens is 254 g/mol. The lowest BCUT2D eigenvalue weighted by Gasteiger charge is -2.05. The Morgan fingerprint density at radius 1 is 1.22 bits per heavy atom. The summed E-state index contributed by atoms with van der Waals surface area (Å²) in [5.74, 6) is 0.292. The zero-order valence-corrected chi connectivity index (χ0v) is 11.5. The zero-order chi connectivity index (χ0) is 13.5. The van der Waals surface area contributed by atoms with Crippen molar-refractivity contribution in [3.05, 3.63) is 23.7 Å². The summed E-state index contributed by atoms with van der Waals surface area (Å²) < 4.78 is 30.0. The van der Waals surface area contributed by atoms with Gasteiger partial charge in [-0.2, -0.15) is 10.2 Å². The van der Waals surface area contributed by atoms with Crippen LogP contribution in [0.25, 0.3) is 0 Å². The van der Waals surface area contributed by atoms with Crippen molar-refractivity contribution in [1.29, 1.82) is 0 Å². The second kappa shape index (κ2) is 4.13. The van der Waals surface area contributed by atoms with E-state index in [0.717, 1.165) is 0 Å². The number of hydrogen-bond donors (Lipinski definition) is 1. The van der Waals surface area contributed by atoms with E-state index in [9.17, 15) is 8.42 Å². The van der Waals surface area contributed by atoms with Gasteiger partial charge in [0.2, 0.25) is 0 Å². The lowest BCUT2D eigenvalue weighted by Crippen LogP contribution is -2.15. The van der Waals surface area contributed by atoms with Gasteiger partial charge < -0.3 is 0 Å². The summed E-state index contributed by atoms with van der Waals surface area (Å²) in [7, 11) is -0.219. The van der Waals surface area contributed by atoms with E-state index in [1.807, 2.05) is 0 Å². The molecule has 1 N–H and O–H groups in total. The molecule has 0 aliphatic rings. The summed E-state index contributed by atoms with van der Waals surface area (Å²) in [5, 5.41) is 8.08. The zero-order valence-electron chi connectivity index (χ0n) is 10.7. The lowest BCUT2D eigenvalue weighted by molar-refractivity contribution is 0.599. The molecule has 0 bridgehead atoms. The molecule has 2 aromatic heterocycles. The summed E-state index contributed by atoms with van der Waals surface area (Å²) >= 11 is 0. The van der Waals surface area contributed by atoms with Gasteiger partial charge in [-0.3, -0.25) is 14.1 Å². The largest absolute Gasteiger partial charge is 0.274 e. The van der Waals surface area contributed by atoms with E-state index >= 15 is 0 Å². The third-order valence-electron chi connectivity index (χ3n) is 2.66. The van der Waals surface area contributed by atoms with E-state index in [0.29, 0.717) is 17.2 Å². The highest BCUT2D eigenvalue weighted by Gasteiger charge is 2.24. The Hall–Kier alpha value is -1.83. The number of aromatic nitrogens is 4. The number of anilines is 1. The second-order valence-corrected chi connectivity index (χ2v) is 5.72. The van der Waals surface area contributed by atoms with Gasteiger partial charge in [0, 0.05) is 26.4 Å². The van der Waals surface area contributed by atoms with Gasteiger partial charge in [-0.25, -0.2) is 8.42 Å². The molecule has 2 rings (SSSR count). The molecule has 0 aliphatic carbocycles. The number of nitrogens with one attached hydrogen (secondary N) is 1. The fourth-order valence-electron chi connectivity index (χ4n) is 1.80. The molecule has 0 spiro atoms. The smallest absolute Gasteiger partial charge is 0.266 e. The molecule has 0 amide bonds. The highest BCUT2D eigenvalue weighted by Crippen LogP contribution is 2.21. The Balaban J connectivity index is 2.43. The quantitative estimate of drug-likeness (QED) is 0.883. The van der Waals surface area contributed by atoms with Crippen LogP contribution in [0.3, 0.4) is 0 Å². The first kappa shape index (κ1) is 12.6. The van der Waals surface area contributed by atoms with Crippen LogP contribution >= 0.6 is 0 Å². The monoisotopic (exact) mass is 269 g/mol. The molecule has 0 saturated carbocycles. The van der Waals surface area contributed by atoms with Crippen molar-refractivity contribution in [2.45, 2.75) is 18.7 Å². The van der Waals surface area contributed by atoms with Crippen LogP contribution in [0.4, 0.5) is 5.82 Å². The first-order valence-corrected chi connectivity index (χ1v) is 6.82. The predicted molar refractivity (Wildman–Crippen MR) is 66.7 cm³/mol. The molecule has 0 fully saturated rings. The van der Waals surface area contributed by atoms with Crippen molar-refractivity contribution in [1.82, 2.24) is 19.6 Å². The first-order chi connectivity index (χ1) is 8.31. The van der Waals surface area contributed by atoms with Crippen molar-refractivity contribution in [3.63, 3.8) is 0 Å². The van der Waals surface area contributed by atoms with Crippen LogP contribution < -0.4 is 4.72 Å². The average molecular weight is 269 g/mol. The minimum Gasteiger partial charge on any atom is -0.274 e. The average Bonchev–Trinajstić information content (AvgIpc) is 2.72. The number of sulfonamides is 1. The fourth-order valence-corrected chi connectivity index (χ4v) is 3.24. The van der Waals surface area contributed by atoms with Crippen LogP contribution in [0.5, 0.6) is 0 Å². The van der Waals surface area contributed by atoms with Crippen LogP contribution in [-0.4, -0.2) is 28.0 Å². The van der Waals surface area contributed by atoms with Crippen LogP contribution in [0.1, 0.15) is 11.4 Å². The van der Waals surface area contributed by atoms with Crippen LogP contribution in [-0.2, 0) is 24.1 Å². The summed E-state index contributed by atoms with van der Waals surface area (Å²) in [6.45, 7) is 3.38. The highest BCUT2D eigenvalue weighted by atomic mass is 32.2. The molecule has 0 aromatic carbocycles. The Kier molecular flexibility index (Phi) is 2.89. The molecule has 18 heavy (non-hydrogen) atoms. The Morgan fingerprint density at radius 3 is 2.33 bits per heavy atom. The van der Waals surface area contributed by atoms with E-state index in [1.165, 1.54) is 4.68 Å². The van der Waals surface area contributed by atoms with E-state index in [4.69, 9.17) is 0 Å². The van der Waals surface area contributed by atoms with E-state index < -0.39 is 10.0 Å². The minimum absolute atomic E-state index is 0.204. The van der Waals surface area contributed by atoms with Gasteiger partial charge in [0.05, 0.1) is 11.4 Å². The second-order valence-electron chi connectivity index (χ2n) is 4.10. The third kappa shape index (κ3) is 2.10. The Labute approximate surface area is 105 Å². The van der Waals surface area contributed by atoms with Gasteiger partial charge in [0.15, 0.2) is 5.82 Å². The fraction of sp³-hybridized carbons (Fsp3) is 0.400. The summed E-state index contributed by atoms with van der Waals surface area (Å²) in [6, 6.07) is 1.60. The maximum absolute atomic E-state index is 12.3. The molecule has 0 radical (unpaired) electrons. The SMILES string of the molecule is Cc1nn(C)c(C)c1S(=O)(=O)Nc1ccn(C)n1. The normalized spacial score (nSPS) is 11.8. The van der Waals surface area contributed by atoms with Gasteiger partial charge in [-0.1, -0.05) is 0 Å². The molecular formula is C10H15N5O2S. The summed E-state index contributed by atoms with van der Waals surface area (Å²) in [6.07, 6.45) is 1.67. The maximum atomic E-state index is 12.3. The third-order valence-corrected chi connectivity index (χ3v) is 4.27. The number of hydrogen-bond acceptors (Lipinski definition) is 4. The molecule has 7 nitrogen and oxygen atoms in total. The molecule has 0 aliphatic heterocycles. The Bertz CT molecular complexity index is 683. The number of aryl methyl sites for hydroxylation is 3. The minimum atomic E-state index is -3.65. The van der Waals surface area contributed by atoms with Gasteiger partial charge in [-0.15, -0.1) is 0 Å². The standard InChI is InChI=1S/C10H15N5O2S/c1-7-10(8(2)15(4)11-7)18(16,17)13-9-5-6-14(3)12-9/h5-6H,1-4H3,(H,12,13). The van der Waals surface area contributed by atoms with Crippen LogP contribution in [0.2, 0.25) is 0 Å². The molecule has 0 atom stereocenters. The van der Waals surface area contributed by atoms with E-state index in [2.05, 4.69) is 14.9 Å². The number of nitrogens with zero attached hydrogens (tertiary/aromatic N) is 4. The number of rotatable bonds is 3. The van der Waals surface area contributed by atoms with Crippen molar-refractivity contribution >= 4 is 15.8 Å². The van der Waals surface area contributed by atoms with Crippen molar-refractivity contribution in [2.75, 3.05) is 4.72 Å². The maximum Gasteiger partial charge on any atom is 0.266 e. The van der Waals surface area contributed by atoms with Crippen LogP contribution in [0.15, 0.2) is 17.2 Å². The summed E-state index contributed by atoms with van der Waals surface area (Å²) in [5.41, 5.74) is 1.06. The molecule has 98 valence electrons.